The van der Waals surface area contributed by atoms with Gasteiger partial charge in [-0.05, 0) is 44.5 Å². The molecule has 1 saturated heterocycles. The first-order chi connectivity index (χ1) is 7.77. The fourth-order valence-electron chi connectivity index (χ4n) is 2.07. The molecule has 0 amide bonds. The number of benzene rings is 1. The number of nitrogens with zero attached hydrogens (tertiary/aromatic N) is 1. The highest BCUT2D eigenvalue weighted by Gasteiger charge is 2.17. The third kappa shape index (κ3) is 4.36. The average Bonchev–Trinajstić information content (AvgIpc) is 2.32. The summed E-state index contributed by atoms with van der Waals surface area (Å²) in [5.41, 5.74) is 1.52. The Balaban J connectivity index is 0.000000386. The maximum atomic E-state index is 2.42. The summed E-state index contributed by atoms with van der Waals surface area (Å²) in [6, 6.07) is 10.9. The molecule has 2 rings (SSSR count). The van der Waals surface area contributed by atoms with Crippen LogP contribution in [-0.4, -0.2) is 25.0 Å². The van der Waals surface area contributed by atoms with Gasteiger partial charge >= 0.3 is 0 Å². The molecule has 0 saturated carbocycles. The molecule has 1 aliphatic heterocycles. The number of hydrogen-bond donors (Lipinski definition) is 0. The van der Waals surface area contributed by atoms with E-state index in [4.69, 9.17) is 0 Å². The summed E-state index contributed by atoms with van der Waals surface area (Å²) in [5.74, 6) is 0.803. The van der Waals surface area contributed by atoms with Crippen molar-refractivity contribution < 1.29 is 0 Å². The van der Waals surface area contributed by atoms with E-state index < -0.39 is 0 Å². The number of piperidine rings is 1. The van der Waals surface area contributed by atoms with Crippen LogP contribution < -0.4 is 0 Å². The van der Waals surface area contributed by atoms with E-state index in [0.29, 0.717) is 0 Å². The summed E-state index contributed by atoms with van der Waals surface area (Å²) < 4.78 is 0. The minimum atomic E-state index is 0.803. The van der Waals surface area contributed by atoms with Gasteiger partial charge in [0, 0.05) is 0 Å². The predicted octanol–water partition coefficient (Wildman–Crippen LogP) is 3.91. The lowest BCUT2D eigenvalue weighted by molar-refractivity contribution is 0.255. The average molecular weight is 219 g/mol. The van der Waals surface area contributed by atoms with Crippen molar-refractivity contribution in [3.63, 3.8) is 0 Å². The van der Waals surface area contributed by atoms with Crippen LogP contribution in [0.2, 0.25) is 0 Å². The van der Waals surface area contributed by atoms with Crippen LogP contribution in [0.5, 0.6) is 0 Å². The Labute approximate surface area is 100 Å². The molecule has 1 heteroatoms. The van der Waals surface area contributed by atoms with Gasteiger partial charge in [0.15, 0.2) is 0 Å². The maximum Gasteiger partial charge on any atom is -0.00159 e. The minimum Gasteiger partial charge on any atom is -0.306 e. The lowest BCUT2D eigenvalue weighted by Crippen LogP contribution is -2.29. The lowest BCUT2D eigenvalue weighted by atomic mass is 9.90. The van der Waals surface area contributed by atoms with Crippen molar-refractivity contribution in [2.45, 2.75) is 39.0 Å². The van der Waals surface area contributed by atoms with Crippen LogP contribution in [0.15, 0.2) is 30.3 Å². The van der Waals surface area contributed by atoms with E-state index >= 15 is 0 Å². The van der Waals surface area contributed by atoms with Gasteiger partial charge in [-0.25, -0.2) is 0 Å². The molecule has 1 heterocycles. The molecule has 0 radical (unpaired) electrons. The van der Waals surface area contributed by atoms with E-state index in [0.717, 1.165) is 5.92 Å². The van der Waals surface area contributed by atoms with E-state index in [2.05, 4.69) is 56.1 Å². The third-order valence-corrected chi connectivity index (χ3v) is 2.99. The van der Waals surface area contributed by atoms with Gasteiger partial charge in [-0.1, -0.05) is 50.6 Å². The van der Waals surface area contributed by atoms with Gasteiger partial charge in [0.2, 0.25) is 0 Å². The molecule has 1 nitrogen and oxygen atoms in total. The Bertz CT molecular complexity index is 260. The molecule has 1 fully saturated rings. The van der Waals surface area contributed by atoms with E-state index in [1.54, 1.807) is 0 Å². The second-order valence-corrected chi connectivity index (χ2v) is 4.70. The van der Waals surface area contributed by atoms with Crippen LogP contribution in [0.25, 0.3) is 0 Å². The molecular weight excluding hydrogens is 194 g/mol. The zero-order valence-electron chi connectivity index (χ0n) is 10.9. The molecular formula is C15H25N. The molecule has 1 aromatic carbocycles. The highest BCUT2D eigenvalue weighted by atomic mass is 15.1. The summed E-state index contributed by atoms with van der Waals surface area (Å²) in [7, 11) is 2.21. The summed E-state index contributed by atoms with van der Waals surface area (Å²) in [6.45, 7) is 6.75. The third-order valence-electron chi connectivity index (χ3n) is 2.99. The quantitative estimate of drug-likeness (QED) is 0.692. The molecule has 0 spiro atoms. The van der Waals surface area contributed by atoms with Gasteiger partial charge in [0.05, 0.1) is 0 Å². The van der Waals surface area contributed by atoms with E-state index in [1.165, 1.54) is 37.9 Å². The van der Waals surface area contributed by atoms with Crippen molar-refractivity contribution in [3.05, 3.63) is 35.9 Å². The fourth-order valence-corrected chi connectivity index (χ4v) is 2.07. The summed E-state index contributed by atoms with van der Waals surface area (Å²) in [6.07, 6.45) is 3.89. The van der Waals surface area contributed by atoms with Crippen molar-refractivity contribution in [1.29, 1.82) is 0 Å². The van der Waals surface area contributed by atoms with Gasteiger partial charge in [-0.3, -0.25) is 0 Å². The van der Waals surface area contributed by atoms with Crippen LogP contribution in [0.1, 0.15) is 44.6 Å². The molecule has 16 heavy (non-hydrogen) atoms. The largest absolute Gasteiger partial charge is 0.306 e. The SMILES string of the molecule is CCC.CN1CCC(c2ccccc2)CC1. The minimum absolute atomic E-state index is 0.803. The number of likely N-dealkylation sites (tertiary alicyclic amines) is 1. The van der Waals surface area contributed by atoms with Gasteiger partial charge < -0.3 is 4.90 Å². The standard InChI is InChI=1S/C12H17N.C3H8/c1-13-9-7-12(8-10-13)11-5-3-2-4-6-11;1-3-2/h2-6,12H,7-10H2,1H3;3H2,1-2H3. The van der Waals surface area contributed by atoms with Gasteiger partial charge in [-0.15, -0.1) is 0 Å². The molecule has 0 aromatic heterocycles. The van der Waals surface area contributed by atoms with Crippen molar-refractivity contribution in [3.8, 4) is 0 Å². The second kappa shape index (κ2) is 7.45. The first kappa shape index (κ1) is 13.2. The Kier molecular flexibility index (Phi) is 6.17. The highest BCUT2D eigenvalue weighted by Crippen LogP contribution is 2.26. The molecule has 0 aliphatic carbocycles. The van der Waals surface area contributed by atoms with Crippen molar-refractivity contribution in [1.82, 2.24) is 4.90 Å². The van der Waals surface area contributed by atoms with Gasteiger partial charge in [0.25, 0.3) is 0 Å². The summed E-state index contributed by atoms with van der Waals surface area (Å²) in [4.78, 5) is 2.42. The van der Waals surface area contributed by atoms with E-state index in [9.17, 15) is 0 Å². The van der Waals surface area contributed by atoms with Crippen molar-refractivity contribution >= 4 is 0 Å². The Hall–Kier alpha value is -0.820. The van der Waals surface area contributed by atoms with Crippen LogP contribution in [-0.2, 0) is 0 Å². The second-order valence-electron chi connectivity index (χ2n) is 4.70. The molecule has 0 bridgehead atoms. The number of rotatable bonds is 1. The smallest absolute Gasteiger partial charge is 0.00159 e. The zero-order chi connectivity index (χ0) is 11.8. The molecule has 0 atom stereocenters. The first-order valence-corrected chi connectivity index (χ1v) is 6.51. The van der Waals surface area contributed by atoms with E-state index in [-0.39, 0.29) is 0 Å². The number of hydrogen-bond acceptors (Lipinski definition) is 1. The van der Waals surface area contributed by atoms with Crippen LogP contribution >= 0.6 is 0 Å². The Morgan fingerprint density at radius 1 is 1.06 bits per heavy atom. The molecule has 0 N–H and O–H groups in total. The Morgan fingerprint density at radius 3 is 2.06 bits per heavy atom. The molecule has 1 aliphatic rings. The summed E-state index contributed by atoms with van der Waals surface area (Å²) in [5, 5.41) is 0. The molecule has 90 valence electrons. The van der Waals surface area contributed by atoms with Crippen molar-refractivity contribution in [2.24, 2.45) is 0 Å². The zero-order valence-corrected chi connectivity index (χ0v) is 10.9. The summed E-state index contributed by atoms with van der Waals surface area (Å²) >= 11 is 0. The molecule has 0 unspecified atom stereocenters. The highest BCUT2D eigenvalue weighted by molar-refractivity contribution is 5.19. The molecule has 1 aromatic rings. The Morgan fingerprint density at radius 2 is 1.56 bits per heavy atom. The van der Waals surface area contributed by atoms with Crippen LogP contribution in [0.3, 0.4) is 0 Å². The van der Waals surface area contributed by atoms with Gasteiger partial charge in [-0.2, -0.15) is 0 Å². The van der Waals surface area contributed by atoms with Crippen LogP contribution in [0, 0.1) is 0 Å². The topological polar surface area (TPSA) is 3.24 Å². The monoisotopic (exact) mass is 219 g/mol. The normalized spacial score (nSPS) is 17.7. The van der Waals surface area contributed by atoms with Crippen LogP contribution in [0.4, 0.5) is 0 Å². The van der Waals surface area contributed by atoms with E-state index in [1.807, 2.05) is 0 Å². The maximum absolute atomic E-state index is 2.42. The van der Waals surface area contributed by atoms with Crippen molar-refractivity contribution in [2.75, 3.05) is 20.1 Å². The first-order valence-electron chi connectivity index (χ1n) is 6.51. The lowest BCUT2D eigenvalue weighted by Gasteiger charge is -2.29. The predicted molar refractivity (Wildman–Crippen MR) is 71.9 cm³/mol. The van der Waals surface area contributed by atoms with Gasteiger partial charge in [0.1, 0.15) is 0 Å². The fraction of sp³-hybridized carbons (Fsp3) is 0.600.